The number of benzene rings is 1. The van der Waals surface area contributed by atoms with Crippen LogP contribution in [0.5, 0.6) is 5.75 Å². The Labute approximate surface area is 170 Å². The summed E-state index contributed by atoms with van der Waals surface area (Å²) in [6.07, 6.45) is -4.18. The number of ether oxygens (including phenoxy) is 1. The highest BCUT2D eigenvalue weighted by Gasteiger charge is 2.28. The molecule has 0 aliphatic carbocycles. The van der Waals surface area contributed by atoms with Crippen molar-refractivity contribution in [3.05, 3.63) is 29.8 Å². The van der Waals surface area contributed by atoms with Crippen LogP contribution in [0.3, 0.4) is 0 Å². The van der Waals surface area contributed by atoms with Crippen LogP contribution in [-0.4, -0.2) is 69.3 Å². The number of hydrogen-bond donors (Lipinski definition) is 1. The van der Waals surface area contributed by atoms with E-state index in [1.165, 1.54) is 11.9 Å². The smallest absolute Gasteiger partial charge is 0.401 e. The summed E-state index contributed by atoms with van der Waals surface area (Å²) in [5.41, 5.74) is 1.09. The number of likely N-dealkylation sites (N-methyl/N-ethyl adjacent to an activating group) is 1. The topological polar surface area (TPSA) is 40.1 Å². The van der Waals surface area contributed by atoms with Gasteiger partial charge in [-0.1, -0.05) is 12.1 Å². The van der Waals surface area contributed by atoms with Crippen LogP contribution in [0.4, 0.5) is 13.2 Å². The van der Waals surface area contributed by atoms with Crippen molar-refractivity contribution < 1.29 is 17.9 Å². The van der Waals surface area contributed by atoms with Crippen LogP contribution in [-0.2, 0) is 6.54 Å². The van der Waals surface area contributed by atoms with Crippen LogP contribution in [0, 0.1) is 0 Å². The zero-order chi connectivity index (χ0) is 18.9. The fourth-order valence-corrected chi connectivity index (χ4v) is 2.33. The Kier molecular flexibility index (Phi) is 11.6. The average molecular weight is 488 g/mol. The van der Waals surface area contributed by atoms with E-state index in [0.29, 0.717) is 25.7 Å². The molecule has 9 heteroatoms. The van der Waals surface area contributed by atoms with E-state index in [4.69, 9.17) is 4.74 Å². The first kappa shape index (κ1) is 24.8. The van der Waals surface area contributed by atoms with Gasteiger partial charge in [0.25, 0.3) is 0 Å². The van der Waals surface area contributed by atoms with Crippen molar-refractivity contribution in [2.45, 2.75) is 19.6 Å². The van der Waals surface area contributed by atoms with Gasteiger partial charge in [-0.2, -0.15) is 13.2 Å². The Morgan fingerprint density at radius 2 is 1.81 bits per heavy atom. The van der Waals surface area contributed by atoms with Gasteiger partial charge >= 0.3 is 6.18 Å². The van der Waals surface area contributed by atoms with Gasteiger partial charge < -0.3 is 15.0 Å². The highest BCUT2D eigenvalue weighted by Crippen LogP contribution is 2.15. The lowest BCUT2D eigenvalue weighted by molar-refractivity contribution is -0.142. The Morgan fingerprint density at radius 1 is 1.19 bits per heavy atom. The molecule has 0 fully saturated rings. The molecule has 1 aromatic rings. The van der Waals surface area contributed by atoms with Crippen LogP contribution in [0.2, 0.25) is 0 Å². The molecule has 1 N–H and O–H groups in total. The maximum Gasteiger partial charge on any atom is 0.401 e. The monoisotopic (exact) mass is 488 g/mol. The van der Waals surface area contributed by atoms with E-state index >= 15 is 0 Å². The highest BCUT2D eigenvalue weighted by molar-refractivity contribution is 14.0. The lowest BCUT2D eigenvalue weighted by Gasteiger charge is -2.24. The van der Waals surface area contributed by atoms with Crippen LogP contribution in [0.25, 0.3) is 0 Å². The third-order valence-corrected chi connectivity index (χ3v) is 3.45. The molecule has 0 bridgehead atoms. The van der Waals surface area contributed by atoms with Crippen LogP contribution >= 0.6 is 24.0 Å². The van der Waals surface area contributed by atoms with Gasteiger partial charge in [0, 0.05) is 33.7 Å². The standard InChI is InChI=1S/C17H27F3N4O.HI/c1-5-25-15-8-6-14(7-9-15)12-24(4)16(21-2)22-10-11-23(3)13-17(18,19)20;/h6-9H,5,10-13H2,1-4H3,(H,21,22);1H. The maximum absolute atomic E-state index is 12.3. The quantitative estimate of drug-likeness (QED) is 0.347. The van der Waals surface area contributed by atoms with Crippen molar-refractivity contribution in [2.24, 2.45) is 4.99 Å². The van der Waals surface area contributed by atoms with Crippen molar-refractivity contribution in [1.82, 2.24) is 15.1 Å². The first-order chi connectivity index (χ1) is 11.7. The van der Waals surface area contributed by atoms with Gasteiger partial charge in [0.05, 0.1) is 13.2 Å². The molecule has 5 nitrogen and oxygen atoms in total. The number of guanidine groups is 1. The summed E-state index contributed by atoms with van der Waals surface area (Å²) < 4.78 is 42.3. The normalized spacial score (nSPS) is 11.9. The molecule has 0 amide bonds. The summed E-state index contributed by atoms with van der Waals surface area (Å²) in [5.74, 6) is 1.46. The second kappa shape index (κ2) is 12.2. The second-order valence-electron chi connectivity index (χ2n) is 5.76. The minimum Gasteiger partial charge on any atom is -0.494 e. The van der Waals surface area contributed by atoms with Gasteiger partial charge in [0.2, 0.25) is 0 Å². The van der Waals surface area contributed by atoms with Gasteiger partial charge in [-0.15, -0.1) is 24.0 Å². The Bertz CT molecular complexity index is 538. The van der Waals surface area contributed by atoms with Crippen LogP contribution in [0.1, 0.15) is 12.5 Å². The van der Waals surface area contributed by atoms with Crippen molar-refractivity contribution in [1.29, 1.82) is 0 Å². The van der Waals surface area contributed by atoms with E-state index in [9.17, 15) is 13.2 Å². The zero-order valence-electron chi connectivity index (χ0n) is 15.6. The molecule has 0 radical (unpaired) electrons. The number of nitrogens with one attached hydrogen (secondary N) is 1. The van der Waals surface area contributed by atoms with E-state index < -0.39 is 12.7 Å². The molecule has 150 valence electrons. The summed E-state index contributed by atoms with van der Waals surface area (Å²) in [6.45, 7) is 2.92. The van der Waals surface area contributed by atoms with Crippen LogP contribution in [0.15, 0.2) is 29.3 Å². The average Bonchev–Trinajstić information content (AvgIpc) is 2.52. The molecular weight excluding hydrogens is 460 g/mol. The Hall–Kier alpha value is -1.23. The van der Waals surface area contributed by atoms with Gasteiger partial charge in [-0.25, -0.2) is 0 Å². The number of hydrogen-bond acceptors (Lipinski definition) is 3. The summed E-state index contributed by atoms with van der Waals surface area (Å²) in [6, 6.07) is 7.78. The largest absolute Gasteiger partial charge is 0.494 e. The fraction of sp³-hybridized carbons (Fsp3) is 0.588. The van der Waals surface area contributed by atoms with Crippen molar-refractivity contribution in [3.8, 4) is 5.75 Å². The van der Waals surface area contributed by atoms with E-state index in [2.05, 4.69) is 10.3 Å². The zero-order valence-corrected chi connectivity index (χ0v) is 18.0. The predicted octanol–water partition coefficient (Wildman–Crippen LogP) is 3.20. The molecule has 0 saturated heterocycles. The minimum atomic E-state index is -4.18. The molecule has 0 aliphatic rings. The van der Waals surface area contributed by atoms with Gasteiger partial charge in [-0.05, 0) is 31.7 Å². The summed E-state index contributed by atoms with van der Waals surface area (Å²) in [4.78, 5) is 7.31. The third-order valence-electron chi connectivity index (χ3n) is 3.45. The molecule has 0 aliphatic heterocycles. The van der Waals surface area contributed by atoms with Crippen molar-refractivity contribution in [3.63, 3.8) is 0 Å². The number of alkyl halides is 3. The second-order valence-corrected chi connectivity index (χ2v) is 5.76. The first-order valence-electron chi connectivity index (χ1n) is 8.14. The molecule has 0 aromatic heterocycles. The lowest BCUT2D eigenvalue weighted by atomic mass is 10.2. The third kappa shape index (κ3) is 10.0. The highest BCUT2D eigenvalue weighted by atomic mass is 127. The van der Waals surface area contributed by atoms with Crippen LogP contribution < -0.4 is 10.1 Å². The SMILES string of the molecule is CCOc1ccc(CN(C)C(=NC)NCCN(C)CC(F)(F)F)cc1.I. The number of rotatable bonds is 8. The van der Waals surface area contributed by atoms with E-state index in [1.54, 1.807) is 7.05 Å². The molecular formula is C17H28F3IN4O. The molecule has 0 spiro atoms. The van der Waals surface area contributed by atoms with E-state index in [0.717, 1.165) is 11.3 Å². The molecule has 0 atom stereocenters. The number of aliphatic imine (C=N–C) groups is 1. The van der Waals surface area contributed by atoms with Gasteiger partial charge in [-0.3, -0.25) is 9.89 Å². The minimum absolute atomic E-state index is 0. The Balaban J connectivity index is 0.00000625. The number of halogens is 4. The lowest BCUT2D eigenvalue weighted by Crippen LogP contribution is -2.43. The summed E-state index contributed by atoms with van der Waals surface area (Å²) >= 11 is 0. The molecule has 0 unspecified atom stereocenters. The molecule has 0 heterocycles. The fourth-order valence-electron chi connectivity index (χ4n) is 2.33. The van der Waals surface area contributed by atoms with Gasteiger partial charge in [0.15, 0.2) is 5.96 Å². The van der Waals surface area contributed by atoms with E-state index in [-0.39, 0.29) is 30.5 Å². The Morgan fingerprint density at radius 3 is 2.31 bits per heavy atom. The maximum atomic E-state index is 12.3. The summed E-state index contributed by atoms with van der Waals surface area (Å²) in [5, 5.41) is 3.08. The molecule has 1 aromatic carbocycles. The first-order valence-corrected chi connectivity index (χ1v) is 8.14. The van der Waals surface area contributed by atoms with Gasteiger partial charge in [0.1, 0.15) is 5.75 Å². The predicted molar refractivity (Wildman–Crippen MR) is 109 cm³/mol. The van der Waals surface area contributed by atoms with Crippen molar-refractivity contribution >= 4 is 29.9 Å². The van der Waals surface area contributed by atoms with Crippen molar-refractivity contribution in [2.75, 3.05) is 47.4 Å². The molecule has 1 rings (SSSR count). The number of nitrogens with zero attached hydrogens (tertiary/aromatic N) is 3. The molecule has 26 heavy (non-hydrogen) atoms. The molecule has 0 saturated carbocycles. The summed E-state index contributed by atoms with van der Waals surface area (Å²) in [7, 11) is 4.98. The van der Waals surface area contributed by atoms with E-state index in [1.807, 2.05) is 43.1 Å².